The molecule has 0 fully saturated rings. The third-order valence-corrected chi connectivity index (χ3v) is 8.98. The summed E-state index contributed by atoms with van der Waals surface area (Å²) in [7, 11) is -4.69. The molecule has 2 N–H and O–H groups in total. The van der Waals surface area contributed by atoms with E-state index in [2.05, 4.69) is 15.4 Å². The molecule has 10 nitrogen and oxygen atoms in total. The lowest BCUT2D eigenvalue weighted by molar-refractivity contribution is -0.242. The van der Waals surface area contributed by atoms with Gasteiger partial charge in [0.1, 0.15) is 18.5 Å². The van der Waals surface area contributed by atoms with Crippen LogP contribution in [0.25, 0.3) is 0 Å². The lowest BCUT2D eigenvalue weighted by Crippen LogP contribution is -2.58. The summed E-state index contributed by atoms with van der Waals surface area (Å²) in [5.41, 5.74) is -2.48. The normalized spacial score (nSPS) is 17.3. The van der Waals surface area contributed by atoms with Gasteiger partial charge in [-0.15, -0.1) is 0 Å². The highest BCUT2D eigenvalue weighted by atomic mass is 32.2. The molecule has 3 atom stereocenters. The highest BCUT2D eigenvalue weighted by Crippen LogP contribution is 2.42. The van der Waals surface area contributed by atoms with Crippen LogP contribution in [0, 0.1) is 11.6 Å². The summed E-state index contributed by atoms with van der Waals surface area (Å²) in [5, 5.41) is 4.73. The van der Waals surface area contributed by atoms with Gasteiger partial charge in [-0.25, -0.2) is 26.8 Å². The Kier molecular flexibility index (Phi) is 9.70. The molecule has 1 aliphatic rings. The van der Waals surface area contributed by atoms with E-state index in [1.807, 2.05) is 0 Å². The van der Waals surface area contributed by atoms with Crippen molar-refractivity contribution >= 4 is 33.6 Å². The molecule has 0 saturated carbocycles. The number of fused-ring (bicyclic) bond motifs is 1. The van der Waals surface area contributed by atoms with Crippen LogP contribution in [-0.2, 0) is 26.1 Å². The molecule has 1 aliphatic heterocycles. The van der Waals surface area contributed by atoms with Gasteiger partial charge in [0.05, 0.1) is 22.7 Å². The number of nitrogens with zero attached hydrogens (tertiary/aromatic N) is 1. The summed E-state index contributed by atoms with van der Waals surface area (Å²) >= 11 is 0. The van der Waals surface area contributed by atoms with Gasteiger partial charge in [-0.1, -0.05) is 30.3 Å². The van der Waals surface area contributed by atoms with Gasteiger partial charge in [0, 0.05) is 5.69 Å². The number of halogens is 5. The first-order valence-electron chi connectivity index (χ1n) is 13.7. The number of carbonyl (C=O) groups is 2. The van der Waals surface area contributed by atoms with E-state index in [-0.39, 0.29) is 23.7 Å². The minimum atomic E-state index is -4.88. The van der Waals surface area contributed by atoms with Crippen LogP contribution in [0.1, 0.15) is 33.3 Å². The van der Waals surface area contributed by atoms with Gasteiger partial charge in [-0.2, -0.15) is 13.2 Å². The average Bonchev–Trinajstić information content (AvgIpc) is 2.96. The molecule has 1 heterocycles. The molecular formula is C30H30F5N3O7S. The average molecular weight is 672 g/mol. The number of hydrogen-bond acceptors (Lipinski definition) is 7. The number of alkyl halides is 3. The second-order valence-electron chi connectivity index (χ2n) is 10.9. The van der Waals surface area contributed by atoms with Gasteiger partial charge < -0.3 is 19.5 Å². The summed E-state index contributed by atoms with van der Waals surface area (Å²) in [4.78, 5) is 24.3. The van der Waals surface area contributed by atoms with Crippen LogP contribution in [0.4, 0.5) is 42.9 Å². The number of benzene rings is 3. The Morgan fingerprint density at radius 2 is 1.65 bits per heavy atom. The standard InChI is InChI=1S/C30H30F5N3O7S/c1-17(36-27(39)43-16-19-8-6-5-7-9-19)26-18(2)38(46(41,42)21-11-12-22(31)23(32)15-21)24-14-20(10-13-25(24)44-26)37-28(40)45-29(3,4)30(33,34)35/h5-15,17-18,26H,16H2,1-4H3,(H,36,39)(H,37,40). The lowest BCUT2D eigenvalue weighted by atomic mass is 10.0. The van der Waals surface area contributed by atoms with Crippen molar-refractivity contribution in [3.63, 3.8) is 0 Å². The number of nitrogens with one attached hydrogen (secondary N) is 2. The van der Waals surface area contributed by atoms with Crippen LogP contribution in [0.15, 0.2) is 71.6 Å². The fourth-order valence-electron chi connectivity index (χ4n) is 4.55. The van der Waals surface area contributed by atoms with Gasteiger partial charge in [0.15, 0.2) is 11.6 Å². The first-order chi connectivity index (χ1) is 21.4. The summed E-state index contributed by atoms with van der Waals surface area (Å²) in [5.74, 6) is -2.79. The van der Waals surface area contributed by atoms with Crippen LogP contribution < -0.4 is 19.7 Å². The predicted molar refractivity (Wildman–Crippen MR) is 156 cm³/mol. The van der Waals surface area contributed by atoms with Gasteiger partial charge in [0.2, 0.25) is 5.60 Å². The monoisotopic (exact) mass is 671 g/mol. The van der Waals surface area contributed by atoms with Crippen LogP contribution in [-0.4, -0.2) is 50.6 Å². The predicted octanol–water partition coefficient (Wildman–Crippen LogP) is 6.51. The van der Waals surface area contributed by atoms with Gasteiger partial charge >= 0.3 is 18.4 Å². The summed E-state index contributed by atoms with van der Waals surface area (Å²) in [6, 6.07) is 12.4. The molecule has 3 aromatic carbocycles. The molecule has 3 unspecified atom stereocenters. The van der Waals surface area contributed by atoms with Crippen LogP contribution in [0.2, 0.25) is 0 Å². The smallest absolute Gasteiger partial charge is 0.427 e. The zero-order chi connectivity index (χ0) is 34.0. The summed E-state index contributed by atoms with van der Waals surface area (Å²) in [6.45, 7) is 4.22. The van der Waals surface area contributed by atoms with Gasteiger partial charge in [-0.3, -0.25) is 9.62 Å². The second kappa shape index (κ2) is 13.0. The maximum absolute atomic E-state index is 14.2. The number of amides is 2. The van der Waals surface area contributed by atoms with Crippen molar-refractivity contribution in [3.8, 4) is 5.75 Å². The minimum absolute atomic E-state index is 0.0433. The molecule has 3 aromatic rings. The number of anilines is 2. The van der Waals surface area contributed by atoms with Crippen molar-refractivity contribution in [1.82, 2.24) is 5.32 Å². The number of carbonyl (C=O) groups excluding carboxylic acids is 2. The number of rotatable bonds is 8. The zero-order valence-electron chi connectivity index (χ0n) is 24.9. The van der Waals surface area contributed by atoms with Crippen molar-refractivity contribution in [2.24, 2.45) is 0 Å². The van der Waals surface area contributed by atoms with E-state index in [9.17, 15) is 40.0 Å². The van der Waals surface area contributed by atoms with Crippen molar-refractivity contribution in [2.75, 3.05) is 9.62 Å². The van der Waals surface area contributed by atoms with Gasteiger partial charge in [-0.05, 0) is 69.7 Å². The molecule has 46 heavy (non-hydrogen) atoms. The third kappa shape index (κ3) is 7.43. The first-order valence-corrected chi connectivity index (χ1v) is 15.2. The van der Waals surface area contributed by atoms with Crippen molar-refractivity contribution < 1.29 is 54.2 Å². The molecule has 248 valence electrons. The van der Waals surface area contributed by atoms with E-state index in [1.54, 1.807) is 30.3 Å². The molecule has 0 aliphatic carbocycles. The van der Waals surface area contributed by atoms with Gasteiger partial charge in [0.25, 0.3) is 10.0 Å². The largest absolute Gasteiger partial charge is 0.484 e. The molecule has 2 amide bonds. The molecule has 4 rings (SSSR count). The SMILES string of the molecule is CC(NC(=O)OCc1ccccc1)C1Oc2ccc(NC(=O)OC(C)(C)C(F)(F)F)cc2N(S(=O)(=O)c2ccc(F)c(F)c2)C1C. The zero-order valence-corrected chi connectivity index (χ0v) is 25.7. The van der Waals surface area contributed by atoms with Crippen molar-refractivity contribution in [2.45, 2.75) is 69.2 Å². The first kappa shape index (κ1) is 34.3. The van der Waals surface area contributed by atoms with Crippen LogP contribution in [0.5, 0.6) is 5.75 Å². The van der Waals surface area contributed by atoms with E-state index in [0.717, 1.165) is 22.0 Å². The van der Waals surface area contributed by atoms with E-state index in [0.29, 0.717) is 26.0 Å². The van der Waals surface area contributed by atoms with Crippen molar-refractivity contribution in [1.29, 1.82) is 0 Å². The maximum atomic E-state index is 14.2. The van der Waals surface area contributed by atoms with E-state index in [1.165, 1.54) is 26.0 Å². The highest BCUT2D eigenvalue weighted by molar-refractivity contribution is 7.92. The fraction of sp³-hybridized carbons (Fsp3) is 0.333. The lowest BCUT2D eigenvalue weighted by Gasteiger charge is -2.43. The second-order valence-corrected chi connectivity index (χ2v) is 12.7. The molecular weight excluding hydrogens is 641 g/mol. The molecule has 0 aromatic heterocycles. The Balaban J connectivity index is 1.65. The number of alkyl carbamates (subject to hydrolysis) is 1. The Bertz CT molecular complexity index is 1700. The maximum Gasteiger partial charge on any atom is 0.427 e. The van der Waals surface area contributed by atoms with Crippen molar-refractivity contribution in [3.05, 3.63) is 83.9 Å². The Morgan fingerprint density at radius 3 is 2.28 bits per heavy atom. The Labute approximate surface area is 261 Å². The third-order valence-electron chi connectivity index (χ3n) is 7.08. The molecule has 0 saturated heterocycles. The topological polar surface area (TPSA) is 123 Å². The Morgan fingerprint density at radius 1 is 0.978 bits per heavy atom. The minimum Gasteiger partial charge on any atom is -0.484 e. The highest BCUT2D eigenvalue weighted by Gasteiger charge is 2.51. The van der Waals surface area contributed by atoms with Crippen LogP contribution >= 0.6 is 0 Å². The summed E-state index contributed by atoms with van der Waals surface area (Å²) < 4.78 is 112. The van der Waals surface area contributed by atoms with E-state index >= 15 is 0 Å². The Hall–Kier alpha value is -4.60. The molecule has 0 radical (unpaired) electrons. The molecule has 0 spiro atoms. The summed E-state index contributed by atoms with van der Waals surface area (Å²) in [6.07, 6.45) is -8.26. The molecule has 0 bridgehead atoms. The fourth-order valence-corrected chi connectivity index (χ4v) is 6.23. The van der Waals surface area contributed by atoms with E-state index < -0.39 is 68.7 Å². The number of hydrogen-bond donors (Lipinski definition) is 2. The quantitative estimate of drug-likeness (QED) is 0.262. The molecule has 16 heteroatoms. The van der Waals surface area contributed by atoms with E-state index in [4.69, 9.17) is 9.47 Å². The number of ether oxygens (including phenoxy) is 3. The van der Waals surface area contributed by atoms with Crippen LogP contribution in [0.3, 0.4) is 0 Å². The number of sulfonamides is 1.